The number of allylic oxidation sites excluding steroid dienone is 1. The van der Waals surface area contributed by atoms with Gasteiger partial charge in [-0.1, -0.05) is 24.3 Å². The van der Waals surface area contributed by atoms with E-state index in [1.165, 1.54) is 12.1 Å². The normalized spacial score (nSPS) is 10.6. The van der Waals surface area contributed by atoms with Gasteiger partial charge in [0.05, 0.1) is 0 Å². The first kappa shape index (κ1) is 7.00. The minimum Gasteiger partial charge on any atom is -0.207 e. The van der Waals surface area contributed by atoms with E-state index < -0.39 is 0 Å². The first-order valence-electron chi connectivity index (χ1n) is 3.21. The zero-order valence-electron chi connectivity index (χ0n) is 5.84. The molecule has 0 N–H and O–H groups in total. The minimum absolute atomic E-state index is 0.187. The summed E-state index contributed by atoms with van der Waals surface area (Å²) in [6, 6.07) is 6.40. The summed E-state index contributed by atoms with van der Waals surface area (Å²) >= 11 is 0. The molecule has 1 aromatic carbocycles. The van der Waals surface area contributed by atoms with Crippen LogP contribution in [0.3, 0.4) is 0 Å². The van der Waals surface area contributed by atoms with E-state index in [1.54, 1.807) is 12.1 Å². The Kier molecular flexibility index (Phi) is 2.21. The lowest BCUT2D eigenvalue weighted by Gasteiger charge is -1.90. The number of halogens is 1. The SMILES string of the molecule is C/C=C\c1ccc(F)cc1. The van der Waals surface area contributed by atoms with E-state index >= 15 is 0 Å². The van der Waals surface area contributed by atoms with Crippen molar-refractivity contribution in [3.63, 3.8) is 0 Å². The van der Waals surface area contributed by atoms with Crippen LogP contribution in [0.4, 0.5) is 4.39 Å². The lowest BCUT2D eigenvalue weighted by Crippen LogP contribution is -1.72. The molecule has 0 fully saturated rings. The summed E-state index contributed by atoms with van der Waals surface area (Å²) in [5.74, 6) is -0.187. The van der Waals surface area contributed by atoms with Gasteiger partial charge in [-0.2, -0.15) is 0 Å². The van der Waals surface area contributed by atoms with Gasteiger partial charge in [-0.15, -0.1) is 0 Å². The summed E-state index contributed by atoms with van der Waals surface area (Å²) in [5, 5.41) is 0. The first-order valence-corrected chi connectivity index (χ1v) is 3.21. The topological polar surface area (TPSA) is 0 Å². The highest BCUT2D eigenvalue weighted by Crippen LogP contribution is 2.03. The van der Waals surface area contributed by atoms with Crippen molar-refractivity contribution in [3.05, 3.63) is 41.7 Å². The lowest BCUT2D eigenvalue weighted by molar-refractivity contribution is 0.628. The molecule has 0 aliphatic rings. The molecule has 0 aliphatic heterocycles. The van der Waals surface area contributed by atoms with Crippen molar-refractivity contribution < 1.29 is 4.39 Å². The minimum atomic E-state index is -0.187. The Morgan fingerprint density at radius 1 is 1.20 bits per heavy atom. The molecule has 0 heterocycles. The van der Waals surface area contributed by atoms with Crippen molar-refractivity contribution in [2.24, 2.45) is 0 Å². The van der Waals surface area contributed by atoms with Crippen LogP contribution in [0, 0.1) is 5.82 Å². The monoisotopic (exact) mass is 136 g/mol. The van der Waals surface area contributed by atoms with Crippen molar-refractivity contribution >= 4 is 6.08 Å². The molecule has 0 spiro atoms. The van der Waals surface area contributed by atoms with E-state index in [0.717, 1.165) is 5.56 Å². The van der Waals surface area contributed by atoms with E-state index in [4.69, 9.17) is 0 Å². The second-order valence-electron chi connectivity index (χ2n) is 2.05. The van der Waals surface area contributed by atoms with Crippen molar-refractivity contribution in [2.45, 2.75) is 6.92 Å². The van der Waals surface area contributed by atoms with Gasteiger partial charge < -0.3 is 0 Å². The average molecular weight is 136 g/mol. The zero-order valence-corrected chi connectivity index (χ0v) is 5.84. The molecule has 0 saturated heterocycles. The third kappa shape index (κ3) is 1.69. The van der Waals surface area contributed by atoms with Crippen LogP contribution in [0.15, 0.2) is 30.3 Å². The molecule has 0 saturated carbocycles. The summed E-state index contributed by atoms with van der Waals surface area (Å²) in [7, 11) is 0. The summed E-state index contributed by atoms with van der Waals surface area (Å²) < 4.78 is 12.3. The van der Waals surface area contributed by atoms with Gasteiger partial charge in [0.2, 0.25) is 0 Å². The molecule has 0 bridgehead atoms. The zero-order chi connectivity index (χ0) is 7.40. The van der Waals surface area contributed by atoms with Crippen LogP contribution in [0.25, 0.3) is 6.08 Å². The molecule has 0 unspecified atom stereocenters. The fourth-order valence-electron chi connectivity index (χ4n) is 0.766. The molecule has 0 aromatic heterocycles. The van der Waals surface area contributed by atoms with Crippen molar-refractivity contribution in [2.75, 3.05) is 0 Å². The van der Waals surface area contributed by atoms with Gasteiger partial charge in [0.25, 0.3) is 0 Å². The second-order valence-corrected chi connectivity index (χ2v) is 2.05. The molecule has 0 aliphatic carbocycles. The van der Waals surface area contributed by atoms with Crippen molar-refractivity contribution in [1.82, 2.24) is 0 Å². The van der Waals surface area contributed by atoms with E-state index in [1.807, 2.05) is 19.1 Å². The van der Waals surface area contributed by atoms with Crippen LogP contribution >= 0.6 is 0 Å². The molecule has 10 heavy (non-hydrogen) atoms. The third-order valence-electron chi connectivity index (χ3n) is 1.23. The molecule has 0 nitrogen and oxygen atoms in total. The Labute approximate surface area is 60.0 Å². The van der Waals surface area contributed by atoms with Crippen LogP contribution in [0.2, 0.25) is 0 Å². The van der Waals surface area contributed by atoms with E-state index in [-0.39, 0.29) is 5.82 Å². The smallest absolute Gasteiger partial charge is 0.123 e. The average Bonchev–Trinajstić information content (AvgIpc) is 1.95. The van der Waals surface area contributed by atoms with Gasteiger partial charge in [-0.25, -0.2) is 4.39 Å². The van der Waals surface area contributed by atoms with Gasteiger partial charge >= 0.3 is 0 Å². The van der Waals surface area contributed by atoms with Gasteiger partial charge in [0, 0.05) is 0 Å². The lowest BCUT2D eigenvalue weighted by atomic mass is 10.2. The summed E-state index contributed by atoms with van der Waals surface area (Å²) in [5.41, 5.74) is 1.03. The fraction of sp³-hybridized carbons (Fsp3) is 0.111. The number of hydrogen-bond donors (Lipinski definition) is 0. The van der Waals surface area contributed by atoms with E-state index in [9.17, 15) is 4.39 Å². The largest absolute Gasteiger partial charge is 0.207 e. The summed E-state index contributed by atoms with van der Waals surface area (Å²) in [6.07, 6.45) is 3.85. The second kappa shape index (κ2) is 3.16. The standard InChI is InChI=1S/C9H9F/c1-2-3-8-4-6-9(10)7-5-8/h2-7H,1H3/b3-2-. The Morgan fingerprint density at radius 2 is 1.80 bits per heavy atom. The van der Waals surface area contributed by atoms with Gasteiger partial charge in [0.1, 0.15) is 5.82 Å². The highest BCUT2D eigenvalue weighted by Gasteiger charge is 1.86. The van der Waals surface area contributed by atoms with Crippen LogP contribution in [0.1, 0.15) is 12.5 Å². The third-order valence-corrected chi connectivity index (χ3v) is 1.23. The molecule has 0 amide bonds. The molecular weight excluding hydrogens is 127 g/mol. The predicted molar refractivity (Wildman–Crippen MR) is 41.1 cm³/mol. The van der Waals surface area contributed by atoms with Crippen LogP contribution in [-0.2, 0) is 0 Å². The molecule has 1 aromatic rings. The molecule has 0 radical (unpaired) electrons. The van der Waals surface area contributed by atoms with Crippen molar-refractivity contribution in [3.8, 4) is 0 Å². The maximum absolute atomic E-state index is 12.3. The highest BCUT2D eigenvalue weighted by atomic mass is 19.1. The van der Waals surface area contributed by atoms with Crippen molar-refractivity contribution in [1.29, 1.82) is 0 Å². The Hall–Kier alpha value is -1.11. The first-order chi connectivity index (χ1) is 4.83. The van der Waals surface area contributed by atoms with Crippen LogP contribution in [-0.4, -0.2) is 0 Å². The van der Waals surface area contributed by atoms with Crippen LogP contribution < -0.4 is 0 Å². The number of hydrogen-bond acceptors (Lipinski definition) is 0. The highest BCUT2D eigenvalue weighted by molar-refractivity contribution is 5.48. The predicted octanol–water partition coefficient (Wildman–Crippen LogP) is 2.86. The molecular formula is C9H9F. The molecule has 1 rings (SSSR count). The maximum Gasteiger partial charge on any atom is 0.123 e. The van der Waals surface area contributed by atoms with Crippen LogP contribution in [0.5, 0.6) is 0 Å². The quantitative estimate of drug-likeness (QED) is 0.556. The van der Waals surface area contributed by atoms with Gasteiger partial charge in [-0.3, -0.25) is 0 Å². The Bertz CT molecular complexity index is 221. The maximum atomic E-state index is 12.3. The number of benzene rings is 1. The van der Waals surface area contributed by atoms with E-state index in [0.29, 0.717) is 0 Å². The fourth-order valence-corrected chi connectivity index (χ4v) is 0.766. The summed E-state index contributed by atoms with van der Waals surface area (Å²) in [4.78, 5) is 0. The Balaban J connectivity index is 2.89. The molecule has 52 valence electrons. The number of rotatable bonds is 1. The van der Waals surface area contributed by atoms with Gasteiger partial charge in [-0.05, 0) is 24.6 Å². The molecule has 1 heteroatoms. The summed E-state index contributed by atoms with van der Waals surface area (Å²) in [6.45, 7) is 1.93. The van der Waals surface area contributed by atoms with Gasteiger partial charge in [0.15, 0.2) is 0 Å². The van der Waals surface area contributed by atoms with E-state index in [2.05, 4.69) is 0 Å². The Morgan fingerprint density at radius 3 is 2.30 bits per heavy atom. The molecule has 0 atom stereocenters.